The van der Waals surface area contributed by atoms with Gasteiger partial charge in [-0.3, -0.25) is 9.59 Å². The summed E-state index contributed by atoms with van der Waals surface area (Å²) in [5, 5.41) is 19.1. The van der Waals surface area contributed by atoms with E-state index in [1.165, 1.54) is 70.6 Å². The van der Waals surface area contributed by atoms with Crippen molar-refractivity contribution in [1.82, 2.24) is 0 Å². The van der Waals surface area contributed by atoms with Gasteiger partial charge in [0.25, 0.3) is 0 Å². The summed E-state index contributed by atoms with van der Waals surface area (Å²) in [6.45, 7) is 4.37. The first-order valence-electron chi connectivity index (χ1n) is 13.6. The van der Waals surface area contributed by atoms with E-state index in [1.54, 1.807) is 0 Å². The summed E-state index contributed by atoms with van der Waals surface area (Å²) in [7, 11) is 0. The maximum Gasteiger partial charge on any atom is 0.308 e. The van der Waals surface area contributed by atoms with Crippen LogP contribution in [0.4, 0.5) is 0 Å². The Bertz CT molecular complexity index is 438. The molecular weight excluding hydrogens is 404 g/mol. The van der Waals surface area contributed by atoms with Crippen LogP contribution < -0.4 is 0 Å². The van der Waals surface area contributed by atoms with Crippen molar-refractivity contribution in [3.8, 4) is 0 Å². The van der Waals surface area contributed by atoms with E-state index in [0.717, 1.165) is 38.5 Å². The van der Waals surface area contributed by atoms with E-state index in [4.69, 9.17) is 9.84 Å². The standard InChI is InChI=1S/C27H52O5/c1-3-5-7-9-10-11-12-13-14-15-16-17-18-20-24(28)22-27(31)32-25(23-26(29)30)21-19-8-6-4-2/h24-25,28H,3-23H2,1-2H3,(H,29,30). The molecule has 0 fully saturated rings. The van der Waals surface area contributed by atoms with E-state index in [1.807, 2.05) is 0 Å². The van der Waals surface area contributed by atoms with Gasteiger partial charge < -0.3 is 14.9 Å². The number of aliphatic carboxylic acids is 1. The zero-order valence-corrected chi connectivity index (χ0v) is 21.1. The zero-order chi connectivity index (χ0) is 23.9. The molecule has 0 saturated heterocycles. The molecule has 0 aromatic carbocycles. The summed E-state index contributed by atoms with van der Waals surface area (Å²) in [5.74, 6) is -1.43. The largest absolute Gasteiger partial charge is 0.481 e. The number of carbonyl (C=O) groups is 2. The van der Waals surface area contributed by atoms with E-state index in [-0.39, 0.29) is 12.8 Å². The van der Waals surface area contributed by atoms with Gasteiger partial charge in [-0.25, -0.2) is 0 Å². The topological polar surface area (TPSA) is 83.8 Å². The molecule has 32 heavy (non-hydrogen) atoms. The molecule has 5 nitrogen and oxygen atoms in total. The van der Waals surface area contributed by atoms with Crippen molar-refractivity contribution in [3.05, 3.63) is 0 Å². The van der Waals surface area contributed by atoms with Crippen LogP contribution in [0.1, 0.15) is 149 Å². The predicted octanol–water partition coefficient (Wildman–Crippen LogP) is 7.58. The Morgan fingerprint density at radius 2 is 1.03 bits per heavy atom. The molecule has 0 aliphatic carbocycles. The first-order chi connectivity index (χ1) is 15.5. The van der Waals surface area contributed by atoms with E-state index >= 15 is 0 Å². The van der Waals surface area contributed by atoms with Crippen molar-refractivity contribution in [3.63, 3.8) is 0 Å². The van der Waals surface area contributed by atoms with Crippen molar-refractivity contribution in [2.75, 3.05) is 0 Å². The Kier molecular flexibility index (Phi) is 22.3. The number of carboxylic acid groups (broad SMARTS) is 1. The Morgan fingerprint density at radius 1 is 0.625 bits per heavy atom. The van der Waals surface area contributed by atoms with Gasteiger partial charge in [0.1, 0.15) is 6.10 Å². The molecule has 190 valence electrons. The van der Waals surface area contributed by atoms with E-state index < -0.39 is 24.1 Å². The molecule has 2 unspecified atom stereocenters. The number of unbranched alkanes of at least 4 members (excludes halogenated alkanes) is 15. The van der Waals surface area contributed by atoms with Crippen LogP contribution >= 0.6 is 0 Å². The lowest BCUT2D eigenvalue weighted by Crippen LogP contribution is -2.24. The van der Waals surface area contributed by atoms with Crippen LogP contribution in [0, 0.1) is 0 Å². The third kappa shape index (κ3) is 22.1. The summed E-state index contributed by atoms with van der Waals surface area (Å²) in [6.07, 6.45) is 20.5. The highest BCUT2D eigenvalue weighted by Gasteiger charge is 2.20. The Balaban J connectivity index is 3.70. The molecule has 0 aliphatic rings. The molecule has 0 amide bonds. The minimum Gasteiger partial charge on any atom is -0.481 e. The number of hydrogen-bond acceptors (Lipinski definition) is 4. The number of carboxylic acids is 1. The second-order valence-corrected chi connectivity index (χ2v) is 9.45. The SMILES string of the molecule is CCCCCCCCCCCCCCCC(O)CC(=O)OC(CCCCCC)CC(=O)O. The molecule has 0 saturated carbocycles. The third-order valence-corrected chi connectivity index (χ3v) is 6.12. The number of aliphatic hydroxyl groups excluding tert-OH is 1. The highest BCUT2D eigenvalue weighted by Crippen LogP contribution is 2.16. The van der Waals surface area contributed by atoms with Crippen LogP contribution in [0.25, 0.3) is 0 Å². The molecule has 0 spiro atoms. The number of ether oxygens (including phenoxy) is 1. The summed E-state index contributed by atoms with van der Waals surface area (Å²) in [5.41, 5.74) is 0. The van der Waals surface area contributed by atoms with Crippen molar-refractivity contribution >= 4 is 11.9 Å². The molecule has 2 N–H and O–H groups in total. The van der Waals surface area contributed by atoms with Crippen molar-refractivity contribution < 1.29 is 24.5 Å². The average molecular weight is 457 g/mol. The van der Waals surface area contributed by atoms with Gasteiger partial charge >= 0.3 is 11.9 Å². The van der Waals surface area contributed by atoms with Gasteiger partial charge in [-0.15, -0.1) is 0 Å². The van der Waals surface area contributed by atoms with Gasteiger partial charge in [0.2, 0.25) is 0 Å². The highest BCUT2D eigenvalue weighted by atomic mass is 16.5. The molecule has 0 aromatic heterocycles. The number of esters is 1. The number of carbonyl (C=O) groups excluding carboxylic acids is 1. The lowest BCUT2D eigenvalue weighted by atomic mass is 10.0. The fourth-order valence-corrected chi connectivity index (χ4v) is 4.12. The summed E-state index contributed by atoms with van der Waals surface area (Å²) in [6, 6.07) is 0. The Labute approximate surface area is 197 Å². The zero-order valence-electron chi connectivity index (χ0n) is 21.1. The lowest BCUT2D eigenvalue weighted by Gasteiger charge is -2.17. The molecule has 0 rings (SSSR count). The lowest BCUT2D eigenvalue weighted by molar-refractivity contribution is -0.155. The number of rotatable bonds is 24. The fraction of sp³-hybridized carbons (Fsp3) is 0.926. The summed E-state index contributed by atoms with van der Waals surface area (Å²) < 4.78 is 5.35. The normalized spacial score (nSPS) is 13.1. The van der Waals surface area contributed by atoms with Gasteiger partial charge in [-0.1, -0.05) is 117 Å². The highest BCUT2D eigenvalue weighted by molar-refractivity contribution is 5.71. The van der Waals surface area contributed by atoms with Crippen LogP contribution in [0.5, 0.6) is 0 Å². The Morgan fingerprint density at radius 3 is 1.50 bits per heavy atom. The van der Waals surface area contributed by atoms with Gasteiger partial charge in [0.15, 0.2) is 0 Å². The summed E-state index contributed by atoms with van der Waals surface area (Å²) >= 11 is 0. The van der Waals surface area contributed by atoms with Gasteiger partial charge in [-0.05, 0) is 19.3 Å². The molecule has 0 heterocycles. The Hall–Kier alpha value is -1.10. The van der Waals surface area contributed by atoms with Crippen LogP contribution in [0.2, 0.25) is 0 Å². The average Bonchev–Trinajstić information content (AvgIpc) is 2.74. The van der Waals surface area contributed by atoms with E-state index in [2.05, 4.69) is 13.8 Å². The first-order valence-corrected chi connectivity index (χ1v) is 13.6. The quantitative estimate of drug-likeness (QED) is 0.115. The fourth-order valence-electron chi connectivity index (χ4n) is 4.12. The van der Waals surface area contributed by atoms with Gasteiger partial charge in [-0.2, -0.15) is 0 Å². The third-order valence-electron chi connectivity index (χ3n) is 6.12. The van der Waals surface area contributed by atoms with Gasteiger partial charge in [0.05, 0.1) is 18.9 Å². The smallest absolute Gasteiger partial charge is 0.308 e. The molecule has 0 aliphatic heterocycles. The van der Waals surface area contributed by atoms with Crippen LogP contribution in [-0.2, 0) is 14.3 Å². The minimum absolute atomic E-state index is 0.0384. The first kappa shape index (κ1) is 30.9. The number of hydrogen-bond donors (Lipinski definition) is 2. The van der Waals surface area contributed by atoms with Crippen LogP contribution in [-0.4, -0.2) is 34.4 Å². The van der Waals surface area contributed by atoms with Crippen LogP contribution in [0.3, 0.4) is 0 Å². The monoisotopic (exact) mass is 456 g/mol. The number of aliphatic hydroxyl groups is 1. The van der Waals surface area contributed by atoms with Gasteiger partial charge in [0, 0.05) is 0 Å². The van der Waals surface area contributed by atoms with E-state index in [9.17, 15) is 14.7 Å². The van der Waals surface area contributed by atoms with Crippen molar-refractivity contribution in [1.29, 1.82) is 0 Å². The second-order valence-electron chi connectivity index (χ2n) is 9.45. The van der Waals surface area contributed by atoms with Crippen LogP contribution in [0.15, 0.2) is 0 Å². The minimum atomic E-state index is -0.953. The molecule has 0 radical (unpaired) electrons. The summed E-state index contributed by atoms with van der Waals surface area (Å²) in [4.78, 5) is 23.1. The molecule has 2 atom stereocenters. The molecule has 0 bridgehead atoms. The molecule has 5 heteroatoms. The molecule has 0 aromatic rings. The van der Waals surface area contributed by atoms with Crippen molar-refractivity contribution in [2.45, 2.75) is 161 Å². The van der Waals surface area contributed by atoms with E-state index in [0.29, 0.717) is 12.8 Å². The maximum absolute atomic E-state index is 12.1. The maximum atomic E-state index is 12.1. The van der Waals surface area contributed by atoms with Crippen molar-refractivity contribution in [2.24, 2.45) is 0 Å². The second kappa shape index (κ2) is 23.1. The predicted molar refractivity (Wildman–Crippen MR) is 132 cm³/mol. The molecular formula is C27H52O5.